The number of anilines is 2. The zero-order valence-electron chi connectivity index (χ0n) is 28.4. The molecule has 19 heteroatoms. The highest BCUT2D eigenvalue weighted by molar-refractivity contribution is 7.88. The van der Waals surface area contributed by atoms with Crippen LogP contribution in [-0.4, -0.2) is 72.4 Å². The molecule has 3 N–H and O–H groups in total. The first kappa shape index (κ1) is 39.2. The second-order valence-electron chi connectivity index (χ2n) is 11.5. The first-order valence-electron chi connectivity index (χ1n) is 15.7. The van der Waals surface area contributed by atoms with Crippen molar-refractivity contribution in [1.82, 2.24) is 34.7 Å². The number of halogens is 4. The molecule has 0 aliphatic carbocycles. The minimum atomic E-state index is -4.97. The highest BCUT2D eigenvalue weighted by Crippen LogP contribution is 2.17. The zero-order chi connectivity index (χ0) is 38.2. The van der Waals surface area contributed by atoms with E-state index < -0.39 is 76.2 Å². The molecule has 0 saturated heterocycles. The molecule has 0 bridgehead atoms. The summed E-state index contributed by atoms with van der Waals surface area (Å²) in [5.74, 6) is -4.67. The van der Waals surface area contributed by atoms with Gasteiger partial charge in [0.15, 0.2) is 0 Å². The van der Waals surface area contributed by atoms with Gasteiger partial charge in [0.1, 0.15) is 47.0 Å². The summed E-state index contributed by atoms with van der Waals surface area (Å²) in [5.41, 5.74) is 0.218. The first-order valence-corrected chi connectivity index (χ1v) is 17.2. The van der Waals surface area contributed by atoms with Gasteiger partial charge in [-0.15, -0.1) is 0 Å². The van der Waals surface area contributed by atoms with E-state index in [1.165, 1.54) is 38.9 Å². The second-order valence-corrected chi connectivity index (χ2v) is 12.9. The van der Waals surface area contributed by atoms with Crippen molar-refractivity contribution in [2.75, 3.05) is 23.9 Å². The third kappa shape index (κ3) is 10.7. The number of carbonyl (C=O) groups excluding carboxylic acids is 3. The zero-order valence-corrected chi connectivity index (χ0v) is 29.2. The fraction of sp³-hybridized carbons (Fsp3) is 0.303. The van der Waals surface area contributed by atoms with E-state index in [1.807, 2.05) is 18.6 Å². The molecule has 2 heterocycles. The van der Waals surface area contributed by atoms with E-state index in [-0.39, 0.29) is 22.5 Å². The molecular formula is C33H35F4N9O5S. The summed E-state index contributed by atoms with van der Waals surface area (Å²) >= 11 is 0. The van der Waals surface area contributed by atoms with Gasteiger partial charge in [-0.05, 0) is 41.8 Å². The van der Waals surface area contributed by atoms with Gasteiger partial charge in [0.05, 0.1) is 36.2 Å². The van der Waals surface area contributed by atoms with Gasteiger partial charge in [-0.2, -0.15) is 13.1 Å². The molecule has 0 aliphatic rings. The first-order chi connectivity index (χ1) is 24.6. The largest absolute Gasteiger partial charge is 0.330 e. The van der Waals surface area contributed by atoms with Crippen LogP contribution in [0, 0.1) is 23.3 Å². The lowest BCUT2D eigenvalue weighted by Crippen LogP contribution is -2.57. The number of amides is 4. The molecular weight excluding hydrogens is 710 g/mol. The van der Waals surface area contributed by atoms with Gasteiger partial charge in [0.2, 0.25) is 11.8 Å². The summed E-state index contributed by atoms with van der Waals surface area (Å²) in [5, 5.41) is 2.20. The van der Waals surface area contributed by atoms with E-state index in [0.717, 1.165) is 34.1 Å². The highest BCUT2D eigenvalue weighted by Gasteiger charge is 2.32. The number of urea groups is 1. The van der Waals surface area contributed by atoms with Gasteiger partial charge < -0.3 is 15.1 Å². The normalized spacial score (nSPS) is 12.5. The summed E-state index contributed by atoms with van der Waals surface area (Å²) in [6.45, 7) is 3.63. The Bertz CT molecular complexity index is 1980. The Morgan fingerprint density at radius 2 is 1.02 bits per heavy atom. The molecule has 0 radical (unpaired) electrons. The minimum absolute atomic E-state index is 0.0462. The molecule has 0 unspecified atom stereocenters. The Hall–Kier alpha value is -5.56. The SMILES string of the molecule is CCc1ncc(N(C)C(=O)[C@H](Cc2cc(F)cc(F)c2)NC(=O)NS(=O)(=O)N[C@@H](Cc2cc(F)cc(F)c2)C(=O)N(C)c2cnc(CC)nc2)cn1. The van der Waals surface area contributed by atoms with E-state index in [2.05, 4.69) is 25.3 Å². The minimum Gasteiger partial charge on any atom is -0.325 e. The molecule has 2 atom stereocenters. The molecule has 4 aromatic rings. The van der Waals surface area contributed by atoms with Crippen LogP contribution in [0.1, 0.15) is 36.6 Å². The van der Waals surface area contributed by atoms with Crippen LogP contribution in [0.5, 0.6) is 0 Å². The van der Waals surface area contributed by atoms with Crippen LogP contribution in [0.15, 0.2) is 61.2 Å². The number of nitrogens with zero attached hydrogens (tertiary/aromatic N) is 6. The van der Waals surface area contributed by atoms with Crippen molar-refractivity contribution in [2.24, 2.45) is 0 Å². The third-order valence-electron chi connectivity index (χ3n) is 7.60. The Balaban J connectivity index is 1.58. The van der Waals surface area contributed by atoms with Crippen molar-refractivity contribution < 1.29 is 40.4 Å². The number of carbonyl (C=O) groups is 3. The lowest BCUT2D eigenvalue weighted by molar-refractivity contribution is -0.120. The Morgan fingerprint density at radius 3 is 1.40 bits per heavy atom. The molecule has 0 aliphatic heterocycles. The number of hydrogen-bond donors (Lipinski definition) is 3. The van der Waals surface area contributed by atoms with Crippen LogP contribution in [0.2, 0.25) is 0 Å². The maximum atomic E-state index is 14.0. The molecule has 2 aromatic carbocycles. The number of benzene rings is 2. The standard InChI is InChI=1S/C33H35F4N9O5S/c1-5-29-38-15-25(16-39-29)45(3)31(47)27(11-19-7-21(34)13-22(35)8-19)42-33(49)44-52(50,51)43-28(12-20-9-23(36)14-24(37)10-20)32(48)46(4)26-17-40-30(6-2)41-18-26/h7-10,13-18,27-28,43H,5-6,11-12H2,1-4H3,(H2,42,44,49)/t27-,28-/m0/s1. The molecule has 4 amide bonds. The molecule has 2 aromatic heterocycles. The van der Waals surface area contributed by atoms with Crippen LogP contribution in [-0.2, 0) is 45.5 Å². The van der Waals surface area contributed by atoms with Crippen molar-refractivity contribution in [1.29, 1.82) is 0 Å². The summed E-state index contributed by atoms with van der Waals surface area (Å²) < 4.78 is 86.4. The van der Waals surface area contributed by atoms with Gasteiger partial charge in [-0.1, -0.05) is 13.8 Å². The molecule has 52 heavy (non-hydrogen) atoms. The maximum absolute atomic E-state index is 14.0. The van der Waals surface area contributed by atoms with Crippen LogP contribution < -0.4 is 24.6 Å². The molecule has 4 rings (SSSR count). The number of rotatable bonds is 14. The van der Waals surface area contributed by atoms with Crippen molar-refractivity contribution in [3.05, 3.63) is 107 Å². The fourth-order valence-corrected chi connectivity index (χ4v) is 5.89. The summed E-state index contributed by atoms with van der Waals surface area (Å²) in [6, 6.07) is 0.0673. The van der Waals surface area contributed by atoms with Crippen molar-refractivity contribution in [2.45, 2.75) is 51.6 Å². The maximum Gasteiger partial charge on any atom is 0.330 e. The second kappa shape index (κ2) is 17.1. The van der Waals surface area contributed by atoms with Crippen molar-refractivity contribution in [3.63, 3.8) is 0 Å². The molecule has 0 spiro atoms. The van der Waals surface area contributed by atoms with E-state index in [0.29, 0.717) is 36.6 Å². The van der Waals surface area contributed by atoms with Gasteiger partial charge in [0.25, 0.3) is 0 Å². The molecule has 0 saturated carbocycles. The van der Waals surface area contributed by atoms with Gasteiger partial charge in [-0.25, -0.2) is 47.0 Å². The van der Waals surface area contributed by atoms with Crippen molar-refractivity contribution >= 4 is 39.4 Å². The summed E-state index contributed by atoms with van der Waals surface area (Å²) in [6.07, 6.45) is 5.31. The fourth-order valence-electron chi connectivity index (χ4n) is 4.96. The third-order valence-corrected chi connectivity index (χ3v) is 8.65. The van der Waals surface area contributed by atoms with E-state index in [1.54, 1.807) is 4.72 Å². The highest BCUT2D eigenvalue weighted by atomic mass is 32.2. The van der Waals surface area contributed by atoms with E-state index in [9.17, 15) is 40.4 Å². The van der Waals surface area contributed by atoms with Gasteiger partial charge >= 0.3 is 16.2 Å². The Labute approximate surface area is 296 Å². The predicted octanol–water partition coefficient (Wildman–Crippen LogP) is 2.93. The number of likely N-dealkylation sites (N-methyl/N-ethyl adjacent to an activating group) is 2. The number of aromatic nitrogens is 4. The van der Waals surface area contributed by atoms with Crippen LogP contribution in [0.4, 0.5) is 33.7 Å². The van der Waals surface area contributed by atoms with Crippen LogP contribution in [0.3, 0.4) is 0 Å². The van der Waals surface area contributed by atoms with E-state index in [4.69, 9.17) is 0 Å². The monoisotopic (exact) mass is 745 g/mol. The average molecular weight is 746 g/mol. The van der Waals surface area contributed by atoms with Crippen LogP contribution in [0.25, 0.3) is 0 Å². The number of nitrogens with one attached hydrogen (secondary N) is 3. The van der Waals surface area contributed by atoms with E-state index >= 15 is 0 Å². The van der Waals surface area contributed by atoms with Crippen molar-refractivity contribution in [3.8, 4) is 0 Å². The predicted molar refractivity (Wildman–Crippen MR) is 181 cm³/mol. The average Bonchev–Trinajstić information content (AvgIpc) is 3.08. The quantitative estimate of drug-likeness (QED) is 0.164. The smallest absolute Gasteiger partial charge is 0.325 e. The number of aryl methyl sites for hydroxylation is 2. The topological polar surface area (TPSA) is 179 Å². The van der Waals surface area contributed by atoms with Gasteiger partial charge in [0, 0.05) is 45.5 Å². The summed E-state index contributed by atoms with van der Waals surface area (Å²) in [4.78, 5) is 58.9. The molecule has 14 nitrogen and oxygen atoms in total. The Kier molecular flexibility index (Phi) is 12.9. The number of hydrogen-bond acceptors (Lipinski definition) is 9. The van der Waals surface area contributed by atoms with Gasteiger partial charge in [-0.3, -0.25) is 9.59 Å². The lowest BCUT2D eigenvalue weighted by atomic mass is 10.0. The summed E-state index contributed by atoms with van der Waals surface area (Å²) in [7, 11) is -2.35. The molecule has 276 valence electrons. The lowest BCUT2D eigenvalue weighted by Gasteiger charge is -2.26. The molecule has 0 fully saturated rings. The van der Waals surface area contributed by atoms with Crippen LogP contribution >= 0.6 is 0 Å². The Morgan fingerprint density at radius 1 is 0.654 bits per heavy atom.